The van der Waals surface area contributed by atoms with Crippen LogP contribution < -0.4 is 5.43 Å². The van der Waals surface area contributed by atoms with Crippen LogP contribution in [0.2, 0.25) is 18.1 Å². The van der Waals surface area contributed by atoms with Crippen LogP contribution in [0.4, 0.5) is 0 Å². The number of ketones is 2. The van der Waals surface area contributed by atoms with Crippen LogP contribution in [0.1, 0.15) is 117 Å². The molecule has 2 rings (SSSR count). The van der Waals surface area contributed by atoms with Gasteiger partial charge in [0.1, 0.15) is 23.1 Å². The molecule has 9 heteroatoms. The maximum Gasteiger partial charge on any atom is 0.192 e. The highest BCUT2D eigenvalue weighted by atomic mass is 28.4. The first-order valence-corrected chi connectivity index (χ1v) is 21.9. The lowest BCUT2D eigenvalue weighted by molar-refractivity contribution is -0.141. The molecular weight excluding hydrogens is 661 g/mol. The van der Waals surface area contributed by atoms with E-state index in [1.165, 1.54) is 0 Å². The largest absolute Gasteiger partial charge is 0.465 e. The van der Waals surface area contributed by atoms with Gasteiger partial charge in [-0.05, 0) is 37.5 Å². The predicted molar refractivity (Wildman–Crippen MR) is 207 cm³/mol. The van der Waals surface area contributed by atoms with Crippen LogP contribution in [0.25, 0.3) is 0 Å². The van der Waals surface area contributed by atoms with Crippen molar-refractivity contribution in [2.24, 2.45) is 29.6 Å². The monoisotopic (exact) mass is 728 g/mol. The van der Waals surface area contributed by atoms with E-state index in [1.807, 2.05) is 78.8 Å². The molecule has 10 atom stereocenters. The summed E-state index contributed by atoms with van der Waals surface area (Å²) < 4.78 is 19.6. The number of rotatable bonds is 22. The van der Waals surface area contributed by atoms with Gasteiger partial charge in [-0.2, -0.15) is 0 Å². The molecule has 0 aliphatic carbocycles. The summed E-state index contributed by atoms with van der Waals surface area (Å²) in [5.41, 5.74) is 1.90. The molecule has 0 unspecified atom stereocenters. The summed E-state index contributed by atoms with van der Waals surface area (Å²) in [5, 5.41) is 23.8. The number of benzene rings is 1. The predicted octanol–water partition coefficient (Wildman–Crippen LogP) is 8.35. The Morgan fingerprint density at radius 1 is 0.765 bits per heavy atom. The lowest BCUT2D eigenvalue weighted by Gasteiger charge is -2.40. The highest BCUT2D eigenvalue weighted by molar-refractivity contribution is 6.73. The van der Waals surface area contributed by atoms with Crippen molar-refractivity contribution in [1.29, 1.82) is 0 Å². The Hall–Kier alpha value is -2.43. The van der Waals surface area contributed by atoms with Crippen LogP contribution in [0.5, 0.6) is 0 Å². The van der Waals surface area contributed by atoms with E-state index in [0.717, 1.165) is 23.7 Å². The SMILES string of the molecule is CCC(=O)[C@@H](C)[C@H](O[Si](CC)(CC)CC)[C@H](C)C(=O)[C@@H](C)[C@H](O)[C@@H](C)[C@@H](OCc1ccccc1)[C@@H](C)[C@H](O)[C@H](C)c1oc(CC)c(C)c(=O)c1C. The number of hydrogen-bond donors (Lipinski definition) is 2. The first-order valence-electron chi connectivity index (χ1n) is 19.4. The van der Waals surface area contributed by atoms with Crippen molar-refractivity contribution in [3.63, 3.8) is 0 Å². The second kappa shape index (κ2) is 20.1. The van der Waals surface area contributed by atoms with Crippen LogP contribution in [-0.4, -0.2) is 54.5 Å². The minimum absolute atomic E-state index is 0.0597. The number of ether oxygens (including phenoxy) is 1. The first-order chi connectivity index (χ1) is 24.0. The third-order valence-electron chi connectivity index (χ3n) is 11.9. The normalized spacial score (nSPS) is 18.2. The second-order valence-corrected chi connectivity index (χ2v) is 19.7. The molecule has 0 amide bonds. The molecule has 1 heterocycles. The summed E-state index contributed by atoms with van der Waals surface area (Å²) in [7, 11) is -2.18. The van der Waals surface area contributed by atoms with E-state index in [1.54, 1.807) is 20.8 Å². The lowest BCUT2D eigenvalue weighted by Crippen LogP contribution is -2.50. The van der Waals surface area contributed by atoms with Gasteiger partial charge in [0, 0.05) is 59.5 Å². The zero-order valence-corrected chi connectivity index (χ0v) is 34.7. The molecule has 0 fully saturated rings. The van der Waals surface area contributed by atoms with E-state index in [9.17, 15) is 24.6 Å². The highest BCUT2D eigenvalue weighted by Gasteiger charge is 2.44. The molecule has 51 heavy (non-hydrogen) atoms. The minimum atomic E-state index is -2.18. The van der Waals surface area contributed by atoms with Crippen molar-refractivity contribution in [2.75, 3.05) is 0 Å². The van der Waals surface area contributed by atoms with Gasteiger partial charge in [0.2, 0.25) is 0 Å². The topological polar surface area (TPSA) is 123 Å². The Morgan fingerprint density at radius 3 is 1.82 bits per heavy atom. The molecule has 0 saturated carbocycles. The Balaban J connectivity index is 2.48. The second-order valence-electron chi connectivity index (χ2n) is 15.0. The van der Waals surface area contributed by atoms with E-state index in [-0.39, 0.29) is 23.6 Å². The standard InChI is InChI=1S/C42H68O8Si/c1-14-34(43)25(6)42(50-51(16-3,17-4)18-5)32(13)38(46)27(8)37(45)28(9)40(48-24-33-22-20-19-21-23-33)29(10)39(47)31(12)41-30(11)36(44)26(7)35(15-2)49-41/h19-23,25,27-29,31-32,37,39-40,42,45,47H,14-18,24H2,1-13H3/t25-,27+,28-,29+,31+,32-,37+,39+,40-,42+/m1/s1. The van der Waals surface area contributed by atoms with Gasteiger partial charge in [-0.1, -0.05) is 106 Å². The first kappa shape index (κ1) is 44.7. The summed E-state index contributed by atoms with van der Waals surface area (Å²) in [6, 6.07) is 12.4. The number of carbonyl (C=O) groups excluding carboxylic acids is 2. The molecule has 0 radical (unpaired) electrons. The molecular formula is C42H68O8Si. The summed E-state index contributed by atoms with van der Waals surface area (Å²) in [6.07, 6.45) is -2.43. The van der Waals surface area contributed by atoms with Crippen molar-refractivity contribution in [3.8, 4) is 0 Å². The molecule has 2 N–H and O–H groups in total. The molecule has 0 spiro atoms. The third kappa shape index (κ3) is 10.6. The Morgan fingerprint density at radius 2 is 1.31 bits per heavy atom. The van der Waals surface area contributed by atoms with Gasteiger partial charge < -0.3 is 23.8 Å². The van der Waals surface area contributed by atoms with Gasteiger partial charge in [0.05, 0.1) is 31.0 Å². The number of aliphatic hydroxyl groups excluding tert-OH is 2. The van der Waals surface area contributed by atoms with Crippen molar-refractivity contribution in [3.05, 3.63) is 68.8 Å². The summed E-state index contributed by atoms with van der Waals surface area (Å²) in [5.74, 6) is -2.55. The average Bonchev–Trinajstić information content (AvgIpc) is 3.15. The van der Waals surface area contributed by atoms with E-state index >= 15 is 0 Å². The molecule has 2 aromatic rings. The van der Waals surface area contributed by atoms with Crippen LogP contribution in [0, 0.1) is 43.4 Å². The fourth-order valence-electron chi connectivity index (χ4n) is 7.76. The maximum atomic E-state index is 14.3. The zero-order valence-electron chi connectivity index (χ0n) is 33.7. The smallest absolute Gasteiger partial charge is 0.192 e. The Kier molecular flexibility index (Phi) is 17.7. The number of carbonyl (C=O) groups is 2. The molecule has 1 aromatic carbocycles. The quantitative estimate of drug-likeness (QED) is 0.116. The number of aryl methyl sites for hydroxylation is 1. The van der Waals surface area contributed by atoms with Crippen molar-refractivity contribution >= 4 is 19.9 Å². The van der Waals surface area contributed by atoms with Gasteiger partial charge in [0.15, 0.2) is 13.7 Å². The molecule has 1 aromatic heterocycles. The minimum Gasteiger partial charge on any atom is -0.465 e. The van der Waals surface area contributed by atoms with Crippen molar-refractivity contribution < 1.29 is 33.4 Å². The van der Waals surface area contributed by atoms with Crippen molar-refractivity contribution in [2.45, 2.75) is 158 Å². The Bertz CT molecular complexity index is 1440. The zero-order chi connectivity index (χ0) is 38.8. The van der Waals surface area contributed by atoms with E-state index in [2.05, 4.69) is 20.8 Å². The molecule has 0 aliphatic heterocycles. The third-order valence-corrected chi connectivity index (χ3v) is 16.6. The molecule has 8 nitrogen and oxygen atoms in total. The Labute approximate surface area is 308 Å². The average molecular weight is 729 g/mol. The number of Topliss-reactive ketones (excluding diaryl/α,β-unsaturated/α-hetero) is 2. The van der Waals surface area contributed by atoms with E-state index < -0.39 is 68.2 Å². The number of aliphatic hydroxyl groups is 2. The fourth-order valence-corrected chi connectivity index (χ4v) is 10.7. The van der Waals surface area contributed by atoms with Gasteiger partial charge in [0.25, 0.3) is 0 Å². The summed E-state index contributed by atoms with van der Waals surface area (Å²) in [6.45, 7) is 24.9. The lowest BCUT2D eigenvalue weighted by atomic mass is 9.75. The molecule has 0 saturated heterocycles. The van der Waals surface area contributed by atoms with Gasteiger partial charge in [-0.3, -0.25) is 14.4 Å². The maximum absolute atomic E-state index is 14.3. The van der Waals surface area contributed by atoms with E-state index in [0.29, 0.717) is 35.5 Å². The van der Waals surface area contributed by atoms with Gasteiger partial charge in [-0.15, -0.1) is 0 Å². The van der Waals surface area contributed by atoms with Crippen LogP contribution in [0.15, 0.2) is 39.5 Å². The molecule has 0 bridgehead atoms. The molecule has 288 valence electrons. The van der Waals surface area contributed by atoms with Crippen molar-refractivity contribution in [1.82, 2.24) is 0 Å². The van der Waals surface area contributed by atoms with Crippen LogP contribution in [-0.2, 0) is 31.8 Å². The molecule has 0 aliphatic rings. The summed E-state index contributed by atoms with van der Waals surface area (Å²) in [4.78, 5) is 40.4. The summed E-state index contributed by atoms with van der Waals surface area (Å²) >= 11 is 0. The fraction of sp³-hybridized carbons (Fsp3) is 0.690. The van der Waals surface area contributed by atoms with Crippen LogP contribution >= 0.6 is 0 Å². The van der Waals surface area contributed by atoms with Gasteiger partial charge >= 0.3 is 0 Å². The van der Waals surface area contributed by atoms with E-state index in [4.69, 9.17) is 13.6 Å². The van der Waals surface area contributed by atoms with Crippen LogP contribution in [0.3, 0.4) is 0 Å². The highest BCUT2D eigenvalue weighted by Crippen LogP contribution is 2.36. The van der Waals surface area contributed by atoms with Gasteiger partial charge in [-0.25, -0.2) is 0 Å². The number of hydrogen-bond acceptors (Lipinski definition) is 8.